The van der Waals surface area contributed by atoms with Crippen LogP contribution in [-0.4, -0.2) is 12.1 Å². The molecule has 0 heterocycles. The molecule has 3 heteroatoms. The highest BCUT2D eigenvalue weighted by Crippen LogP contribution is 2.32. The molecule has 0 atom stereocenters. The van der Waals surface area contributed by atoms with Crippen molar-refractivity contribution in [3.63, 3.8) is 0 Å². The molecule has 0 spiro atoms. The predicted octanol–water partition coefficient (Wildman–Crippen LogP) is 3.52. The van der Waals surface area contributed by atoms with Crippen LogP contribution in [0.3, 0.4) is 0 Å². The predicted molar refractivity (Wildman–Crippen MR) is 74.3 cm³/mol. The third-order valence-corrected chi connectivity index (χ3v) is 3.45. The van der Waals surface area contributed by atoms with E-state index < -0.39 is 0 Å². The Kier molecular flexibility index (Phi) is 3.79. The van der Waals surface area contributed by atoms with Gasteiger partial charge in [0.05, 0.1) is 11.1 Å². The molecular formula is C14H20BrNO. The quantitative estimate of drug-likeness (QED) is 0.902. The fraction of sp³-hybridized carbons (Fsp3) is 0.571. The number of benzene rings is 1. The van der Waals surface area contributed by atoms with E-state index in [0.29, 0.717) is 0 Å². The summed E-state index contributed by atoms with van der Waals surface area (Å²) >= 11 is 3.56. The van der Waals surface area contributed by atoms with Crippen LogP contribution in [0.1, 0.15) is 32.3 Å². The van der Waals surface area contributed by atoms with Crippen LogP contribution in [0.5, 0.6) is 5.75 Å². The number of ether oxygens (including phenoxy) is 1. The summed E-state index contributed by atoms with van der Waals surface area (Å²) in [6.45, 7) is 4.93. The average molecular weight is 298 g/mol. The first-order valence-electron chi connectivity index (χ1n) is 6.14. The Morgan fingerprint density at radius 3 is 2.65 bits per heavy atom. The Morgan fingerprint density at radius 1 is 1.41 bits per heavy atom. The maximum Gasteiger partial charge on any atom is 0.133 e. The van der Waals surface area contributed by atoms with Gasteiger partial charge < -0.3 is 10.5 Å². The molecule has 17 heavy (non-hydrogen) atoms. The van der Waals surface area contributed by atoms with E-state index in [1.807, 2.05) is 19.9 Å². The number of nitrogens with two attached hydrogens (primary N) is 1. The molecule has 0 bridgehead atoms. The van der Waals surface area contributed by atoms with Gasteiger partial charge >= 0.3 is 0 Å². The third kappa shape index (κ3) is 4.32. The van der Waals surface area contributed by atoms with Crippen molar-refractivity contribution < 1.29 is 4.74 Å². The number of halogens is 1. The molecule has 1 aromatic carbocycles. The highest BCUT2D eigenvalue weighted by Gasteiger charge is 2.22. The van der Waals surface area contributed by atoms with E-state index in [9.17, 15) is 0 Å². The maximum atomic E-state index is 6.02. The highest BCUT2D eigenvalue weighted by molar-refractivity contribution is 9.10. The van der Waals surface area contributed by atoms with Crippen molar-refractivity contribution in [2.75, 3.05) is 6.61 Å². The summed E-state index contributed by atoms with van der Waals surface area (Å²) < 4.78 is 6.80. The van der Waals surface area contributed by atoms with E-state index in [0.717, 1.165) is 29.2 Å². The zero-order chi connectivity index (χ0) is 12.5. The van der Waals surface area contributed by atoms with Crippen molar-refractivity contribution in [1.82, 2.24) is 0 Å². The van der Waals surface area contributed by atoms with Gasteiger partial charge in [0.2, 0.25) is 0 Å². The lowest BCUT2D eigenvalue weighted by atomic mass is 9.96. The van der Waals surface area contributed by atoms with Crippen molar-refractivity contribution in [2.45, 2.75) is 38.6 Å². The van der Waals surface area contributed by atoms with E-state index in [1.165, 1.54) is 18.4 Å². The summed E-state index contributed by atoms with van der Waals surface area (Å²) in [5.74, 6) is 1.72. The number of hydrogen-bond donors (Lipinski definition) is 1. The fourth-order valence-corrected chi connectivity index (χ4v) is 2.33. The van der Waals surface area contributed by atoms with Crippen molar-refractivity contribution in [1.29, 1.82) is 0 Å². The van der Waals surface area contributed by atoms with Gasteiger partial charge in [-0.1, -0.05) is 6.07 Å². The van der Waals surface area contributed by atoms with Crippen molar-refractivity contribution in [3.8, 4) is 5.75 Å². The molecule has 0 aromatic heterocycles. The molecule has 2 rings (SSSR count). The zero-order valence-corrected chi connectivity index (χ0v) is 12.1. The molecule has 1 aliphatic carbocycles. The molecule has 0 aliphatic heterocycles. The second kappa shape index (κ2) is 4.99. The summed E-state index contributed by atoms with van der Waals surface area (Å²) in [6, 6.07) is 6.24. The maximum absolute atomic E-state index is 6.02. The van der Waals surface area contributed by atoms with Crippen LogP contribution in [0.25, 0.3) is 0 Å². The van der Waals surface area contributed by atoms with Gasteiger partial charge in [0.15, 0.2) is 0 Å². The summed E-state index contributed by atoms with van der Waals surface area (Å²) in [6.07, 6.45) is 3.50. The Hall–Kier alpha value is -0.540. The molecule has 2 N–H and O–H groups in total. The third-order valence-electron chi connectivity index (χ3n) is 2.83. The van der Waals surface area contributed by atoms with Crippen LogP contribution in [0, 0.1) is 5.92 Å². The van der Waals surface area contributed by atoms with Gasteiger partial charge in [-0.2, -0.15) is 0 Å². The minimum atomic E-state index is -0.171. The minimum Gasteiger partial charge on any atom is -0.492 e. The number of rotatable bonds is 5. The number of hydrogen-bond acceptors (Lipinski definition) is 2. The Labute approximate surface area is 112 Å². The summed E-state index contributed by atoms with van der Waals surface area (Å²) in [5, 5.41) is 0. The largest absolute Gasteiger partial charge is 0.492 e. The highest BCUT2D eigenvalue weighted by atomic mass is 79.9. The second-order valence-corrected chi connectivity index (χ2v) is 6.54. The Morgan fingerprint density at radius 2 is 2.12 bits per heavy atom. The minimum absolute atomic E-state index is 0.171. The van der Waals surface area contributed by atoms with Crippen molar-refractivity contribution in [2.24, 2.45) is 11.7 Å². The fourth-order valence-electron chi connectivity index (χ4n) is 1.79. The normalized spacial score (nSPS) is 16.0. The Balaban J connectivity index is 1.99. The van der Waals surface area contributed by atoms with Gasteiger partial charge in [-0.05, 0) is 72.7 Å². The molecule has 0 radical (unpaired) electrons. The zero-order valence-electron chi connectivity index (χ0n) is 10.5. The first-order valence-corrected chi connectivity index (χ1v) is 6.93. The smallest absolute Gasteiger partial charge is 0.133 e. The lowest BCUT2D eigenvalue weighted by Gasteiger charge is -2.19. The topological polar surface area (TPSA) is 35.2 Å². The van der Waals surface area contributed by atoms with E-state index in [4.69, 9.17) is 10.5 Å². The van der Waals surface area contributed by atoms with Crippen LogP contribution in [-0.2, 0) is 6.42 Å². The van der Waals surface area contributed by atoms with Gasteiger partial charge in [-0.3, -0.25) is 0 Å². The van der Waals surface area contributed by atoms with E-state index in [1.54, 1.807) is 0 Å². The van der Waals surface area contributed by atoms with Gasteiger partial charge in [0.1, 0.15) is 5.75 Å². The van der Waals surface area contributed by atoms with Crippen LogP contribution < -0.4 is 10.5 Å². The molecular weight excluding hydrogens is 278 g/mol. The van der Waals surface area contributed by atoms with Crippen molar-refractivity contribution in [3.05, 3.63) is 28.2 Å². The SMILES string of the molecule is CC(C)(N)Cc1ccc(OCC2CC2)c(Br)c1. The van der Waals surface area contributed by atoms with Gasteiger partial charge in [0.25, 0.3) is 0 Å². The molecule has 1 saturated carbocycles. The van der Waals surface area contributed by atoms with Gasteiger partial charge in [-0.25, -0.2) is 0 Å². The summed E-state index contributed by atoms with van der Waals surface area (Å²) in [5.41, 5.74) is 7.08. The second-order valence-electron chi connectivity index (χ2n) is 5.68. The van der Waals surface area contributed by atoms with E-state index in [-0.39, 0.29) is 5.54 Å². The molecule has 1 aromatic rings. The van der Waals surface area contributed by atoms with Crippen LogP contribution in [0.2, 0.25) is 0 Å². The van der Waals surface area contributed by atoms with Crippen LogP contribution >= 0.6 is 15.9 Å². The summed E-state index contributed by atoms with van der Waals surface area (Å²) in [4.78, 5) is 0. The first-order chi connectivity index (χ1) is 7.94. The van der Waals surface area contributed by atoms with Crippen LogP contribution in [0.15, 0.2) is 22.7 Å². The van der Waals surface area contributed by atoms with Crippen molar-refractivity contribution >= 4 is 15.9 Å². The van der Waals surface area contributed by atoms with Gasteiger partial charge in [0, 0.05) is 5.54 Å². The summed E-state index contributed by atoms with van der Waals surface area (Å²) in [7, 11) is 0. The molecule has 0 saturated heterocycles. The lowest BCUT2D eigenvalue weighted by molar-refractivity contribution is 0.298. The molecule has 2 nitrogen and oxygen atoms in total. The molecule has 1 aliphatic rings. The monoisotopic (exact) mass is 297 g/mol. The molecule has 0 amide bonds. The van der Waals surface area contributed by atoms with E-state index in [2.05, 4.69) is 28.1 Å². The Bertz CT molecular complexity index is 394. The molecule has 0 unspecified atom stereocenters. The average Bonchev–Trinajstić information content (AvgIpc) is 2.97. The van der Waals surface area contributed by atoms with Crippen LogP contribution in [0.4, 0.5) is 0 Å². The lowest BCUT2D eigenvalue weighted by Crippen LogP contribution is -2.34. The van der Waals surface area contributed by atoms with E-state index >= 15 is 0 Å². The first kappa shape index (κ1) is 12.9. The standard InChI is InChI=1S/C14H20BrNO/c1-14(2,16)8-11-5-6-13(12(15)7-11)17-9-10-3-4-10/h5-7,10H,3-4,8-9,16H2,1-2H3. The molecule has 1 fully saturated rings. The van der Waals surface area contributed by atoms with Gasteiger partial charge in [-0.15, -0.1) is 0 Å². The molecule has 94 valence electrons.